The molecule has 1 fully saturated rings. The summed E-state index contributed by atoms with van der Waals surface area (Å²) < 4.78 is 11.1. The molecule has 0 aliphatic carbocycles. The molecule has 1 rings (SSSR count). The predicted octanol–water partition coefficient (Wildman–Crippen LogP) is 4.05. The lowest BCUT2D eigenvalue weighted by Crippen LogP contribution is -2.08. The standard InChI is InChI=1S/C14H26O2/c1-3-4-5-6-7-8-9-10-11-14-15-12-13(2)16-14/h3,13-14H,1,4-12H2,2H3/t13-,14+/m0/s1. The van der Waals surface area contributed by atoms with E-state index in [2.05, 4.69) is 13.5 Å². The second-order valence-electron chi connectivity index (χ2n) is 4.70. The monoisotopic (exact) mass is 226 g/mol. The van der Waals surface area contributed by atoms with E-state index in [1.54, 1.807) is 0 Å². The molecule has 0 saturated carbocycles. The summed E-state index contributed by atoms with van der Waals surface area (Å²) in [5.41, 5.74) is 0. The van der Waals surface area contributed by atoms with Gasteiger partial charge in [-0.25, -0.2) is 0 Å². The van der Waals surface area contributed by atoms with Gasteiger partial charge in [0.2, 0.25) is 0 Å². The highest BCUT2D eigenvalue weighted by atomic mass is 16.7. The van der Waals surface area contributed by atoms with Gasteiger partial charge >= 0.3 is 0 Å². The first-order chi connectivity index (χ1) is 7.83. The fourth-order valence-corrected chi connectivity index (χ4v) is 2.04. The number of unbranched alkanes of at least 4 members (excludes halogenated alkanes) is 6. The first-order valence-electron chi connectivity index (χ1n) is 6.71. The van der Waals surface area contributed by atoms with Crippen molar-refractivity contribution in [2.75, 3.05) is 6.61 Å². The molecular weight excluding hydrogens is 200 g/mol. The third kappa shape index (κ3) is 6.29. The molecule has 2 nitrogen and oxygen atoms in total. The van der Waals surface area contributed by atoms with Crippen molar-refractivity contribution in [2.24, 2.45) is 0 Å². The molecule has 0 unspecified atom stereocenters. The molecule has 2 atom stereocenters. The van der Waals surface area contributed by atoms with Crippen LogP contribution in [0.4, 0.5) is 0 Å². The van der Waals surface area contributed by atoms with E-state index in [1.807, 2.05) is 6.08 Å². The van der Waals surface area contributed by atoms with Crippen LogP contribution in [0.5, 0.6) is 0 Å². The van der Waals surface area contributed by atoms with Crippen LogP contribution in [0.1, 0.15) is 58.3 Å². The van der Waals surface area contributed by atoms with Gasteiger partial charge in [0, 0.05) is 0 Å². The van der Waals surface area contributed by atoms with E-state index < -0.39 is 0 Å². The lowest BCUT2D eigenvalue weighted by Gasteiger charge is -2.09. The second kappa shape index (κ2) is 8.77. The second-order valence-corrected chi connectivity index (χ2v) is 4.70. The lowest BCUT2D eigenvalue weighted by molar-refractivity contribution is -0.0604. The van der Waals surface area contributed by atoms with Gasteiger partial charge in [-0.15, -0.1) is 6.58 Å². The van der Waals surface area contributed by atoms with Crippen LogP contribution >= 0.6 is 0 Å². The van der Waals surface area contributed by atoms with Crippen LogP contribution in [0, 0.1) is 0 Å². The maximum Gasteiger partial charge on any atom is 0.158 e. The van der Waals surface area contributed by atoms with Crippen molar-refractivity contribution < 1.29 is 9.47 Å². The zero-order chi connectivity index (χ0) is 11.6. The fourth-order valence-electron chi connectivity index (χ4n) is 2.04. The Labute approximate surface area is 100 Å². The zero-order valence-corrected chi connectivity index (χ0v) is 10.6. The Kier molecular flexibility index (Phi) is 7.52. The maximum absolute atomic E-state index is 5.59. The quantitative estimate of drug-likeness (QED) is 0.436. The van der Waals surface area contributed by atoms with Crippen molar-refractivity contribution in [3.05, 3.63) is 12.7 Å². The summed E-state index contributed by atoms with van der Waals surface area (Å²) in [6.07, 6.45) is 12.5. The highest BCUT2D eigenvalue weighted by Gasteiger charge is 2.21. The predicted molar refractivity (Wildman–Crippen MR) is 67.4 cm³/mol. The Hall–Kier alpha value is -0.340. The van der Waals surface area contributed by atoms with E-state index in [1.165, 1.54) is 44.9 Å². The average molecular weight is 226 g/mol. The van der Waals surface area contributed by atoms with Crippen LogP contribution in [-0.4, -0.2) is 19.0 Å². The summed E-state index contributed by atoms with van der Waals surface area (Å²) in [6, 6.07) is 0. The van der Waals surface area contributed by atoms with Crippen LogP contribution in [-0.2, 0) is 9.47 Å². The van der Waals surface area contributed by atoms with Gasteiger partial charge in [-0.2, -0.15) is 0 Å². The molecule has 0 aromatic carbocycles. The van der Waals surface area contributed by atoms with Gasteiger partial charge in [-0.3, -0.25) is 0 Å². The van der Waals surface area contributed by atoms with Gasteiger partial charge in [0.1, 0.15) is 0 Å². The van der Waals surface area contributed by atoms with Crippen molar-refractivity contribution in [2.45, 2.75) is 70.7 Å². The van der Waals surface area contributed by atoms with E-state index in [9.17, 15) is 0 Å². The first kappa shape index (κ1) is 13.7. The van der Waals surface area contributed by atoms with E-state index >= 15 is 0 Å². The van der Waals surface area contributed by atoms with Crippen molar-refractivity contribution in [3.8, 4) is 0 Å². The smallest absolute Gasteiger partial charge is 0.158 e. The van der Waals surface area contributed by atoms with Crippen LogP contribution < -0.4 is 0 Å². The Morgan fingerprint density at radius 3 is 2.44 bits per heavy atom. The Balaban J connectivity index is 1.79. The van der Waals surface area contributed by atoms with Crippen LogP contribution in [0.2, 0.25) is 0 Å². The van der Waals surface area contributed by atoms with Gasteiger partial charge in [0.05, 0.1) is 12.7 Å². The summed E-state index contributed by atoms with van der Waals surface area (Å²) in [7, 11) is 0. The van der Waals surface area contributed by atoms with Crippen LogP contribution in [0.3, 0.4) is 0 Å². The molecule has 2 heteroatoms. The highest BCUT2D eigenvalue weighted by molar-refractivity contribution is 4.65. The lowest BCUT2D eigenvalue weighted by atomic mass is 10.1. The van der Waals surface area contributed by atoms with Crippen LogP contribution in [0.25, 0.3) is 0 Å². The summed E-state index contributed by atoms with van der Waals surface area (Å²) in [4.78, 5) is 0. The molecule has 94 valence electrons. The molecule has 0 N–H and O–H groups in total. The molecule has 16 heavy (non-hydrogen) atoms. The minimum atomic E-state index is 0.0794. The number of hydrogen-bond acceptors (Lipinski definition) is 2. The topological polar surface area (TPSA) is 18.5 Å². The minimum absolute atomic E-state index is 0.0794. The molecule has 0 bridgehead atoms. The van der Waals surface area contributed by atoms with Crippen molar-refractivity contribution in [1.29, 1.82) is 0 Å². The molecule has 0 aromatic heterocycles. The summed E-state index contributed by atoms with van der Waals surface area (Å²) in [6.45, 7) is 6.57. The Morgan fingerprint density at radius 2 is 1.81 bits per heavy atom. The molecule has 1 aliphatic rings. The van der Waals surface area contributed by atoms with Crippen molar-refractivity contribution in [1.82, 2.24) is 0 Å². The van der Waals surface area contributed by atoms with Gasteiger partial charge in [-0.05, 0) is 32.6 Å². The first-order valence-corrected chi connectivity index (χ1v) is 6.71. The highest BCUT2D eigenvalue weighted by Crippen LogP contribution is 2.17. The van der Waals surface area contributed by atoms with E-state index in [-0.39, 0.29) is 6.29 Å². The molecular formula is C14H26O2. The van der Waals surface area contributed by atoms with E-state index in [0.717, 1.165) is 13.0 Å². The largest absolute Gasteiger partial charge is 0.350 e. The van der Waals surface area contributed by atoms with E-state index in [4.69, 9.17) is 9.47 Å². The van der Waals surface area contributed by atoms with Gasteiger partial charge in [0.25, 0.3) is 0 Å². The molecule has 0 radical (unpaired) electrons. The maximum atomic E-state index is 5.59. The molecule has 0 amide bonds. The normalized spacial score (nSPS) is 24.8. The van der Waals surface area contributed by atoms with Crippen molar-refractivity contribution in [3.63, 3.8) is 0 Å². The van der Waals surface area contributed by atoms with Gasteiger partial charge < -0.3 is 9.47 Å². The molecule has 1 heterocycles. The number of allylic oxidation sites excluding steroid dienone is 1. The Bertz CT molecular complexity index is 180. The van der Waals surface area contributed by atoms with Gasteiger partial charge in [0.15, 0.2) is 6.29 Å². The number of ether oxygens (including phenoxy) is 2. The molecule has 0 aromatic rings. The number of hydrogen-bond donors (Lipinski definition) is 0. The number of rotatable bonds is 9. The van der Waals surface area contributed by atoms with Gasteiger partial charge in [-0.1, -0.05) is 31.8 Å². The van der Waals surface area contributed by atoms with Crippen molar-refractivity contribution >= 4 is 0 Å². The summed E-state index contributed by atoms with van der Waals surface area (Å²) >= 11 is 0. The fraction of sp³-hybridized carbons (Fsp3) is 0.857. The summed E-state index contributed by atoms with van der Waals surface area (Å²) in [5.74, 6) is 0. The third-order valence-corrected chi connectivity index (χ3v) is 3.00. The van der Waals surface area contributed by atoms with Crippen LogP contribution in [0.15, 0.2) is 12.7 Å². The molecule has 1 aliphatic heterocycles. The zero-order valence-electron chi connectivity index (χ0n) is 10.6. The average Bonchev–Trinajstić information content (AvgIpc) is 2.68. The Morgan fingerprint density at radius 1 is 1.12 bits per heavy atom. The van der Waals surface area contributed by atoms with E-state index in [0.29, 0.717) is 6.10 Å². The third-order valence-electron chi connectivity index (χ3n) is 3.00. The molecule has 1 saturated heterocycles. The molecule has 0 spiro atoms. The summed E-state index contributed by atoms with van der Waals surface area (Å²) in [5, 5.41) is 0. The minimum Gasteiger partial charge on any atom is -0.350 e. The SMILES string of the molecule is C=CCCCCCCCC[C@@H]1OC[C@H](C)O1.